The molecule has 0 saturated carbocycles. The van der Waals surface area contributed by atoms with Gasteiger partial charge in [0.2, 0.25) is 0 Å². The first kappa shape index (κ1) is 14.0. The Labute approximate surface area is 104 Å². The molecule has 0 saturated heterocycles. The normalized spacial score (nSPS) is 14.8. The fourth-order valence-corrected chi connectivity index (χ4v) is 1.81. The zero-order valence-corrected chi connectivity index (χ0v) is 11.1. The minimum absolute atomic E-state index is 0.222. The van der Waals surface area contributed by atoms with E-state index in [1.54, 1.807) is 7.11 Å². The summed E-state index contributed by atoms with van der Waals surface area (Å²) in [7, 11) is 1.61. The summed E-state index contributed by atoms with van der Waals surface area (Å²) in [5.74, 6) is 0.922. The molecule has 1 aromatic carbocycles. The molecule has 2 unspecified atom stereocenters. The standard InChI is InChI=1S/C14H23NO2/c1-5-10-6-7-12(17-4)11(8-10)14(16)13(15)9(2)3/h6-9,13-14,16H,5,15H2,1-4H3. The summed E-state index contributed by atoms with van der Waals surface area (Å²) in [6.07, 6.45) is 0.247. The molecule has 1 aromatic rings. The first-order chi connectivity index (χ1) is 8.01. The molecule has 0 aliphatic heterocycles. The number of nitrogens with two attached hydrogens (primary N) is 1. The van der Waals surface area contributed by atoms with Crippen LogP contribution in [0.15, 0.2) is 18.2 Å². The van der Waals surface area contributed by atoms with Gasteiger partial charge in [-0.2, -0.15) is 0 Å². The Bertz CT molecular complexity index is 363. The lowest BCUT2D eigenvalue weighted by atomic mass is 9.92. The van der Waals surface area contributed by atoms with Gasteiger partial charge in [-0.3, -0.25) is 0 Å². The highest BCUT2D eigenvalue weighted by molar-refractivity contribution is 5.39. The van der Waals surface area contributed by atoms with Gasteiger partial charge >= 0.3 is 0 Å². The number of aliphatic hydroxyl groups is 1. The highest BCUT2D eigenvalue weighted by Gasteiger charge is 2.23. The van der Waals surface area contributed by atoms with Crippen molar-refractivity contribution in [3.8, 4) is 5.75 Å². The van der Waals surface area contributed by atoms with Crippen molar-refractivity contribution in [2.45, 2.75) is 39.3 Å². The summed E-state index contributed by atoms with van der Waals surface area (Å²) < 4.78 is 5.28. The summed E-state index contributed by atoms with van der Waals surface area (Å²) >= 11 is 0. The molecular formula is C14H23NO2. The van der Waals surface area contributed by atoms with Gasteiger partial charge in [-0.15, -0.1) is 0 Å². The number of ether oxygens (including phenoxy) is 1. The Morgan fingerprint density at radius 2 is 2.00 bits per heavy atom. The topological polar surface area (TPSA) is 55.5 Å². The molecule has 17 heavy (non-hydrogen) atoms. The Morgan fingerprint density at radius 1 is 1.35 bits per heavy atom. The lowest BCUT2D eigenvalue weighted by Gasteiger charge is -2.24. The highest BCUT2D eigenvalue weighted by Crippen LogP contribution is 2.30. The fraction of sp³-hybridized carbons (Fsp3) is 0.571. The molecule has 3 heteroatoms. The van der Waals surface area contributed by atoms with Gasteiger partial charge in [-0.25, -0.2) is 0 Å². The van der Waals surface area contributed by atoms with E-state index in [1.165, 1.54) is 5.56 Å². The molecule has 0 fully saturated rings. The van der Waals surface area contributed by atoms with E-state index in [1.807, 2.05) is 32.0 Å². The van der Waals surface area contributed by atoms with Crippen molar-refractivity contribution < 1.29 is 9.84 Å². The number of benzene rings is 1. The predicted octanol–water partition coefficient (Wildman–Crippen LogP) is 2.27. The largest absolute Gasteiger partial charge is 0.496 e. The molecule has 0 aromatic heterocycles. The molecule has 0 heterocycles. The average Bonchev–Trinajstić information content (AvgIpc) is 2.35. The van der Waals surface area contributed by atoms with Crippen molar-refractivity contribution in [3.63, 3.8) is 0 Å². The van der Waals surface area contributed by atoms with E-state index < -0.39 is 6.10 Å². The quantitative estimate of drug-likeness (QED) is 0.826. The lowest BCUT2D eigenvalue weighted by molar-refractivity contribution is 0.122. The van der Waals surface area contributed by atoms with Gasteiger partial charge < -0.3 is 15.6 Å². The van der Waals surface area contributed by atoms with Crippen LogP contribution in [0.25, 0.3) is 0 Å². The van der Waals surface area contributed by atoms with Crippen LogP contribution < -0.4 is 10.5 Å². The Kier molecular flexibility index (Phi) is 4.97. The maximum Gasteiger partial charge on any atom is 0.124 e. The highest BCUT2D eigenvalue weighted by atomic mass is 16.5. The van der Waals surface area contributed by atoms with Crippen molar-refractivity contribution in [2.75, 3.05) is 7.11 Å². The summed E-state index contributed by atoms with van der Waals surface area (Å²) in [6.45, 7) is 6.09. The van der Waals surface area contributed by atoms with Gasteiger partial charge in [-0.05, 0) is 30.0 Å². The van der Waals surface area contributed by atoms with Crippen LogP contribution >= 0.6 is 0 Å². The van der Waals surface area contributed by atoms with Crippen molar-refractivity contribution in [3.05, 3.63) is 29.3 Å². The zero-order valence-electron chi connectivity index (χ0n) is 11.1. The average molecular weight is 237 g/mol. The second-order valence-corrected chi connectivity index (χ2v) is 4.70. The third kappa shape index (κ3) is 3.20. The Hall–Kier alpha value is -1.06. The van der Waals surface area contributed by atoms with Gasteiger partial charge in [0.15, 0.2) is 0 Å². The maximum absolute atomic E-state index is 10.3. The minimum Gasteiger partial charge on any atom is -0.496 e. The summed E-state index contributed by atoms with van der Waals surface area (Å²) in [6, 6.07) is 5.60. The molecule has 1 rings (SSSR count). The van der Waals surface area contributed by atoms with E-state index in [0.29, 0.717) is 5.75 Å². The number of aliphatic hydroxyl groups excluding tert-OH is 1. The monoisotopic (exact) mass is 237 g/mol. The third-order valence-corrected chi connectivity index (χ3v) is 3.16. The van der Waals surface area contributed by atoms with Crippen LogP contribution in [-0.2, 0) is 6.42 Å². The van der Waals surface area contributed by atoms with Gasteiger partial charge in [0.25, 0.3) is 0 Å². The van der Waals surface area contributed by atoms with Crippen LogP contribution in [0.4, 0.5) is 0 Å². The predicted molar refractivity (Wildman–Crippen MR) is 70.1 cm³/mol. The molecule has 2 atom stereocenters. The van der Waals surface area contributed by atoms with E-state index in [0.717, 1.165) is 12.0 Å². The first-order valence-electron chi connectivity index (χ1n) is 6.11. The Balaban J connectivity index is 3.09. The number of aryl methyl sites for hydroxylation is 1. The molecule has 0 radical (unpaired) electrons. The molecule has 3 nitrogen and oxygen atoms in total. The van der Waals surface area contributed by atoms with Crippen molar-refractivity contribution >= 4 is 0 Å². The van der Waals surface area contributed by atoms with E-state index in [2.05, 4.69) is 6.92 Å². The molecule has 0 spiro atoms. The van der Waals surface area contributed by atoms with Gasteiger partial charge in [-0.1, -0.05) is 26.8 Å². The molecule has 3 N–H and O–H groups in total. The smallest absolute Gasteiger partial charge is 0.124 e. The number of hydrogen-bond acceptors (Lipinski definition) is 3. The first-order valence-corrected chi connectivity index (χ1v) is 6.11. The molecule has 0 aliphatic carbocycles. The van der Waals surface area contributed by atoms with Gasteiger partial charge in [0.05, 0.1) is 13.2 Å². The van der Waals surface area contributed by atoms with Crippen molar-refractivity contribution in [2.24, 2.45) is 11.7 Å². The number of methoxy groups -OCH3 is 1. The fourth-order valence-electron chi connectivity index (χ4n) is 1.81. The zero-order chi connectivity index (χ0) is 13.0. The summed E-state index contributed by atoms with van der Waals surface area (Å²) in [5, 5.41) is 10.3. The third-order valence-electron chi connectivity index (χ3n) is 3.16. The van der Waals surface area contributed by atoms with Gasteiger partial charge in [0, 0.05) is 11.6 Å². The second-order valence-electron chi connectivity index (χ2n) is 4.70. The molecule has 0 amide bonds. The van der Waals surface area contributed by atoms with E-state index in [9.17, 15) is 5.11 Å². The van der Waals surface area contributed by atoms with Crippen molar-refractivity contribution in [1.82, 2.24) is 0 Å². The lowest BCUT2D eigenvalue weighted by Crippen LogP contribution is -2.33. The number of hydrogen-bond donors (Lipinski definition) is 2. The van der Waals surface area contributed by atoms with Crippen molar-refractivity contribution in [1.29, 1.82) is 0 Å². The van der Waals surface area contributed by atoms with Crippen LogP contribution in [0.1, 0.15) is 38.0 Å². The molecule has 0 bridgehead atoms. The van der Waals surface area contributed by atoms with E-state index in [-0.39, 0.29) is 12.0 Å². The summed E-state index contributed by atoms with van der Waals surface area (Å²) in [4.78, 5) is 0. The SMILES string of the molecule is CCc1ccc(OC)c(C(O)C(N)C(C)C)c1. The Morgan fingerprint density at radius 3 is 2.47 bits per heavy atom. The molecule has 96 valence electrons. The summed E-state index contributed by atoms with van der Waals surface area (Å²) in [5.41, 5.74) is 7.96. The van der Waals surface area contributed by atoms with Crippen LogP contribution in [0.3, 0.4) is 0 Å². The van der Waals surface area contributed by atoms with E-state index in [4.69, 9.17) is 10.5 Å². The second kappa shape index (κ2) is 6.03. The molecule has 0 aliphatic rings. The maximum atomic E-state index is 10.3. The van der Waals surface area contributed by atoms with Gasteiger partial charge in [0.1, 0.15) is 5.75 Å². The van der Waals surface area contributed by atoms with Crippen LogP contribution in [0.2, 0.25) is 0 Å². The van der Waals surface area contributed by atoms with Crippen LogP contribution in [0, 0.1) is 5.92 Å². The number of rotatable bonds is 5. The molecular weight excluding hydrogens is 214 g/mol. The van der Waals surface area contributed by atoms with E-state index >= 15 is 0 Å². The van der Waals surface area contributed by atoms with Crippen LogP contribution in [-0.4, -0.2) is 18.3 Å². The van der Waals surface area contributed by atoms with Crippen LogP contribution in [0.5, 0.6) is 5.75 Å². The minimum atomic E-state index is -0.684.